The van der Waals surface area contributed by atoms with Crippen molar-refractivity contribution in [3.8, 4) is 11.3 Å². The Morgan fingerprint density at radius 3 is 2.57 bits per heavy atom. The molecule has 0 saturated carbocycles. The molecule has 1 amide bonds. The van der Waals surface area contributed by atoms with E-state index in [2.05, 4.69) is 15.5 Å². The molecule has 2 atom stereocenters. The van der Waals surface area contributed by atoms with Crippen LogP contribution in [0, 0.1) is 5.92 Å². The predicted molar refractivity (Wildman–Crippen MR) is 107 cm³/mol. The van der Waals surface area contributed by atoms with Gasteiger partial charge in [0.1, 0.15) is 5.71 Å². The number of benzene rings is 1. The Morgan fingerprint density at radius 1 is 1.18 bits per heavy atom. The smallest absolute Gasteiger partial charge is 0.426 e. The minimum atomic E-state index is -1.63. The highest BCUT2D eigenvalue weighted by Crippen LogP contribution is 2.20. The molecule has 1 aromatic carbocycles. The number of nitrogens with one attached hydrogen (secondary N) is 1. The molecule has 2 heterocycles. The van der Waals surface area contributed by atoms with Crippen LogP contribution < -0.4 is 5.32 Å². The van der Waals surface area contributed by atoms with Crippen molar-refractivity contribution in [2.75, 3.05) is 0 Å². The Labute approximate surface area is 164 Å². The summed E-state index contributed by atoms with van der Waals surface area (Å²) in [6, 6.07) is 15.4. The van der Waals surface area contributed by atoms with Crippen LogP contribution in [0.5, 0.6) is 0 Å². The average Bonchev–Trinajstić information content (AvgIpc) is 3.18. The molecule has 3 N–H and O–H groups in total. The molecule has 0 saturated heterocycles. The Balaban J connectivity index is 1.66. The number of rotatable bonds is 7. The second-order valence-electron chi connectivity index (χ2n) is 7.27. The maximum absolute atomic E-state index is 12.5. The second-order valence-corrected chi connectivity index (χ2v) is 7.27. The zero-order valence-electron chi connectivity index (χ0n) is 15.9. The van der Waals surface area contributed by atoms with Crippen molar-refractivity contribution in [3.05, 3.63) is 54.2 Å². The minimum absolute atomic E-state index is 0.202. The number of nitrogens with zero attached hydrogens (tertiary/aromatic N) is 2. The van der Waals surface area contributed by atoms with Gasteiger partial charge < -0.3 is 20.2 Å². The van der Waals surface area contributed by atoms with Crippen LogP contribution >= 0.6 is 0 Å². The van der Waals surface area contributed by atoms with Crippen LogP contribution in [0.15, 0.2) is 53.7 Å². The molecule has 0 bridgehead atoms. The summed E-state index contributed by atoms with van der Waals surface area (Å²) in [7, 11) is -1.63. The van der Waals surface area contributed by atoms with Gasteiger partial charge in [0.05, 0.1) is 17.3 Å². The standard InChI is InChI=1S/C20H24BN3O4/c1-13(2)11-19(21(26)27)23-20(25)18-12-17(24-28-18)16-10-6-9-15(22-16)14-7-4-3-5-8-14/h3-10,13,18-19,26-27H,11-12H2,1-2H3,(H,23,25). The molecule has 3 rings (SSSR count). The van der Waals surface area contributed by atoms with Gasteiger partial charge in [0.15, 0.2) is 0 Å². The fourth-order valence-corrected chi connectivity index (χ4v) is 3.07. The van der Waals surface area contributed by atoms with Crippen molar-refractivity contribution in [2.45, 2.75) is 38.7 Å². The Kier molecular flexibility index (Phi) is 6.43. The van der Waals surface area contributed by atoms with Gasteiger partial charge in [-0.2, -0.15) is 0 Å². The molecule has 0 radical (unpaired) electrons. The first-order valence-electron chi connectivity index (χ1n) is 9.36. The summed E-state index contributed by atoms with van der Waals surface area (Å²) in [4.78, 5) is 22.4. The number of carbonyl (C=O) groups excluding carboxylic acids is 1. The summed E-state index contributed by atoms with van der Waals surface area (Å²) in [6.07, 6.45) is -0.0945. The molecule has 0 spiro atoms. The molecule has 7 nitrogen and oxygen atoms in total. The number of oxime groups is 1. The fourth-order valence-electron chi connectivity index (χ4n) is 3.07. The predicted octanol–water partition coefficient (Wildman–Crippen LogP) is 1.78. The summed E-state index contributed by atoms with van der Waals surface area (Å²) >= 11 is 0. The van der Waals surface area contributed by atoms with Gasteiger partial charge in [0, 0.05) is 12.0 Å². The average molecular weight is 381 g/mol. The van der Waals surface area contributed by atoms with Gasteiger partial charge in [-0.15, -0.1) is 0 Å². The second kappa shape index (κ2) is 8.99. The summed E-state index contributed by atoms with van der Waals surface area (Å²) in [5, 5.41) is 25.6. The quantitative estimate of drug-likeness (QED) is 0.635. The van der Waals surface area contributed by atoms with E-state index in [1.807, 2.05) is 62.4 Å². The van der Waals surface area contributed by atoms with Crippen molar-refractivity contribution in [1.29, 1.82) is 0 Å². The number of carbonyl (C=O) groups is 1. The third-order valence-electron chi connectivity index (χ3n) is 4.49. The number of hydrogen-bond donors (Lipinski definition) is 3. The largest absolute Gasteiger partial charge is 0.475 e. The third-order valence-corrected chi connectivity index (χ3v) is 4.49. The van der Waals surface area contributed by atoms with Gasteiger partial charge in [0.2, 0.25) is 6.10 Å². The lowest BCUT2D eigenvalue weighted by Crippen LogP contribution is -2.50. The molecule has 146 valence electrons. The van der Waals surface area contributed by atoms with E-state index in [-0.39, 0.29) is 12.3 Å². The van der Waals surface area contributed by atoms with Gasteiger partial charge in [-0.25, -0.2) is 4.98 Å². The maximum atomic E-state index is 12.5. The molecule has 1 aromatic heterocycles. The molecule has 2 unspecified atom stereocenters. The first-order valence-corrected chi connectivity index (χ1v) is 9.36. The third kappa shape index (κ3) is 4.96. The van der Waals surface area contributed by atoms with Gasteiger partial charge in [-0.3, -0.25) is 4.79 Å². The van der Waals surface area contributed by atoms with Crippen molar-refractivity contribution >= 4 is 18.7 Å². The van der Waals surface area contributed by atoms with Gasteiger partial charge in [-0.05, 0) is 24.5 Å². The topological polar surface area (TPSA) is 104 Å². The van der Waals surface area contributed by atoms with Crippen LogP contribution in [0.3, 0.4) is 0 Å². The number of aromatic nitrogens is 1. The summed E-state index contributed by atoms with van der Waals surface area (Å²) in [6.45, 7) is 3.89. The van der Waals surface area contributed by atoms with Crippen molar-refractivity contribution in [2.24, 2.45) is 11.1 Å². The van der Waals surface area contributed by atoms with Crippen LogP contribution in [-0.2, 0) is 9.63 Å². The van der Waals surface area contributed by atoms with Gasteiger partial charge in [-0.1, -0.05) is 55.4 Å². The van der Waals surface area contributed by atoms with Crippen LogP contribution in [0.1, 0.15) is 32.4 Å². The minimum Gasteiger partial charge on any atom is -0.426 e. The van der Waals surface area contributed by atoms with Crippen molar-refractivity contribution in [1.82, 2.24) is 10.3 Å². The van der Waals surface area contributed by atoms with Gasteiger partial charge >= 0.3 is 7.12 Å². The molecular formula is C20H24BN3O4. The highest BCUT2D eigenvalue weighted by molar-refractivity contribution is 6.43. The lowest BCUT2D eigenvalue weighted by atomic mass is 9.75. The lowest BCUT2D eigenvalue weighted by Gasteiger charge is -2.20. The number of amides is 1. The highest BCUT2D eigenvalue weighted by Gasteiger charge is 2.34. The van der Waals surface area contributed by atoms with E-state index < -0.39 is 25.1 Å². The monoisotopic (exact) mass is 381 g/mol. The van der Waals surface area contributed by atoms with E-state index in [4.69, 9.17) is 4.84 Å². The van der Waals surface area contributed by atoms with Crippen LogP contribution in [0.25, 0.3) is 11.3 Å². The van der Waals surface area contributed by atoms with Crippen LogP contribution in [-0.4, -0.2) is 45.8 Å². The molecule has 1 aliphatic heterocycles. The SMILES string of the molecule is CC(C)CC(NC(=O)C1CC(c2cccc(-c3ccccc3)n2)=NO1)B(O)O. The van der Waals surface area contributed by atoms with Gasteiger partial charge in [0.25, 0.3) is 5.91 Å². The zero-order valence-corrected chi connectivity index (χ0v) is 15.9. The molecule has 0 aliphatic carbocycles. The summed E-state index contributed by atoms with van der Waals surface area (Å²) in [5.74, 6) is -0.968. The first kappa shape index (κ1) is 20.0. The molecule has 28 heavy (non-hydrogen) atoms. The Hall–Kier alpha value is -2.71. The summed E-state index contributed by atoms with van der Waals surface area (Å²) in [5.41, 5.74) is 3.04. The van der Waals surface area contributed by atoms with Crippen molar-refractivity contribution in [3.63, 3.8) is 0 Å². The van der Waals surface area contributed by atoms with E-state index in [0.717, 1.165) is 11.3 Å². The Bertz CT molecular complexity index is 842. The Morgan fingerprint density at radius 2 is 1.89 bits per heavy atom. The fraction of sp³-hybridized carbons (Fsp3) is 0.350. The summed E-state index contributed by atoms with van der Waals surface area (Å²) < 4.78 is 0. The molecule has 0 fully saturated rings. The normalized spacial score (nSPS) is 17.0. The molecular weight excluding hydrogens is 357 g/mol. The number of pyridine rings is 1. The van der Waals surface area contributed by atoms with Crippen LogP contribution in [0.4, 0.5) is 0 Å². The highest BCUT2D eigenvalue weighted by atomic mass is 16.6. The molecule has 2 aromatic rings. The van der Waals surface area contributed by atoms with E-state index >= 15 is 0 Å². The molecule has 8 heteroatoms. The van der Waals surface area contributed by atoms with E-state index in [1.54, 1.807) is 0 Å². The first-order chi connectivity index (χ1) is 13.4. The lowest BCUT2D eigenvalue weighted by molar-refractivity contribution is -0.131. The van der Waals surface area contributed by atoms with Crippen molar-refractivity contribution < 1.29 is 19.7 Å². The van der Waals surface area contributed by atoms with Crippen LogP contribution in [0.2, 0.25) is 0 Å². The number of hydrogen-bond acceptors (Lipinski definition) is 6. The maximum Gasteiger partial charge on any atom is 0.475 e. The van der Waals surface area contributed by atoms with E-state index in [9.17, 15) is 14.8 Å². The molecule has 1 aliphatic rings. The zero-order chi connectivity index (χ0) is 20.1. The van der Waals surface area contributed by atoms with E-state index in [0.29, 0.717) is 17.8 Å². The van der Waals surface area contributed by atoms with E-state index in [1.165, 1.54) is 0 Å².